The van der Waals surface area contributed by atoms with Gasteiger partial charge < -0.3 is 10.2 Å². The van der Waals surface area contributed by atoms with Gasteiger partial charge in [0.25, 0.3) is 0 Å². The number of aromatic nitrogens is 1. The van der Waals surface area contributed by atoms with Crippen LogP contribution in [-0.4, -0.2) is 21.0 Å². The van der Waals surface area contributed by atoms with Crippen LogP contribution in [0.4, 0.5) is 0 Å². The minimum Gasteiger partial charge on any atom is -0.507 e. The van der Waals surface area contributed by atoms with Gasteiger partial charge in [-0.15, -0.1) is 0 Å². The first kappa shape index (κ1) is 21.8. The molecule has 4 nitrogen and oxygen atoms in total. The molecule has 0 aliphatic rings. The van der Waals surface area contributed by atoms with Gasteiger partial charge in [0.05, 0.1) is 0 Å². The summed E-state index contributed by atoms with van der Waals surface area (Å²) in [5.41, 5.74) is 3.20. The van der Waals surface area contributed by atoms with Crippen molar-refractivity contribution in [2.75, 3.05) is 0 Å². The van der Waals surface area contributed by atoms with Gasteiger partial charge in [-0.25, -0.2) is 4.98 Å². The Bertz CT molecular complexity index is 1070. The first-order valence-corrected chi connectivity index (χ1v) is 10.4. The Morgan fingerprint density at radius 2 is 1.50 bits per heavy atom. The lowest BCUT2D eigenvalue weighted by molar-refractivity contribution is 0.0978. The topological polar surface area (TPSA) is 70.4 Å². The first-order chi connectivity index (χ1) is 13.9. The lowest BCUT2D eigenvalue weighted by Crippen LogP contribution is -2.18. The molecule has 1 heterocycles. The maximum Gasteiger partial charge on any atom is 0.181 e. The molecule has 1 aromatic heterocycles. The number of fused-ring (bicyclic) bond motifs is 1. The SMILES string of the molecule is CC(C)(C)c1cc(CCC(=O)c2ccc3cccc(O)c3n2)cc(C(C)(C)C)c1O. The minimum atomic E-state index is -0.207. The van der Waals surface area contributed by atoms with Crippen molar-refractivity contribution in [1.82, 2.24) is 4.98 Å². The van der Waals surface area contributed by atoms with E-state index in [0.717, 1.165) is 22.1 Å². The Kier molecular flexibility index (Phi) is 5.64. The number of carbonyl (C=O) groups excluding carboxylic acids is 1. The standard InChI is InChI=1S/C26H31NO3/c1-25(2,3)18-14-16(15-19(24(18)30)26(4,5)6)10-13-21(28)20-12-11-17-8-7-9-22(29)23(17)27-20/h7-9,11-12,14-15,29-30H,10,13H2,1-6H3. The molecule has 30 heavy (non-hydrogen) atoms. The van der Waals surface area contributed by atoms with E-state index in [4.69, 9.17) is 0 Å². The first-order valence-electron chi connectivity index (χ1n) is 10.4. The van der Waals surface area contributed by atoms with Crippen molar-refractivity contribution in [2.45, 2.75) is 65.2 Å². The third-order valence-corrected chi connectivity index (χ3v) is 5.41. The number of hydrogen-bond donors (Lipinski definition) is 2. The molecular formula is C26H31NO3. The maximum absolute atomic E-state index is 12.8. The third-order valence-electron chi connectivity index (χ3n) is 5.41. The fraction of sp³-hybridized carbons (Fsp3) is 0.385. The number of aromatic hydroxyl groups is 2. The monoisotopic (exact) mass is 405 g/mol. The number of Topliss-reactive ketones (excluding diaryl/α,β-unsaturated/α-hetero) is 1. The number of ketones is 1. The Morgan fingerprint density at radius 1 is 0.900 bits per heavy atom. The Morgan fingerprint density at radius 3 is 2.07 bits per heavy atom. The van der Waals surface area contributed by atoms with Gasteiger partial charge in [-0.1, -0.05) is 71.9 Å². The Hall–Kier alpha value is -2.88. The van der Waals surface area contributed by atoms with Crippen LogP contribution in [0.2, 0.25) is 0 Å². The number of phenols is 2. The summed E-state index contributed by atoms with van der Waals surface area (Å²) in [4.78, 5) is 17.2. The molecular weight excluding hydrogens is 374 g/mol. The molecule has 0 saturated heterocycles. The molecule has 0 fully saturated rings. The summed E-state index contributed by atoms with van der Waals surface area (Å²) < 4.78 is 0. The quantitative estimate of drug-likeness (QED) is 0.518. The van der Waals surface area contributed by atoms with Crippen molar-refractivity contribution in [3.63, 3.8) is 0 Å². The summed E-state index contributed by atoms with van der Waals surface area (Å²) in [6, 6.07) is 12.7. The van der Waals surface area contributed by atoms with E-state index in [1.54, 1.807) is 18.2 Å². The number of aryl methyl sites for hydroxylation is 1. The summed E-state index contributed by atoms with van der Waals surface area (Å²) >= 11 is 0. The van der Waals surface area contributed by atoms with E-state index >= 15 is 0 Å². The molecule has 2 N–H and O–H groups in total. The summed E-state index contributed by atoms with van der Waals surface area (Å²) in [6.07, 6.45) is 0.871. The molecule has 4 heteroatoms. The van der Waals surface area contributed by atoms with Crippen LogP contribution in [0.1, 0.15) is 75.1 Å². The average molecular weight is 406 g/mol. The highest BCUT2D eigenvalue weighted by molar-refractivity contribution is 5.97. The Balaban J connectivity index is 1.90. The molecule has 3 rings (SSSR count). The van der Waals surface area contributed by atoms with Gasteiger partial charge in [-0.2, -0.15) is 0 Å². The van der Waals surface area contributed by atoms with Crippen molar-refractivity contribution in [2.24, 2.45) is 0 Å². The van der Waals surface area contributed by atoms with E-state index in [2.05, 4.69) is 46.5 Å². The molecule has 158 valence electrons. The second kappa shape index (κ2) is 7.75. The zero-order valence-electron chi connectivity index (χ0n) is 18.7. The van der Waals surface area contributed by atoms with Crippen LogP contribution < -0.4 is 0 Å². The number of para-hydroxylation sites is 1. The van der Waals surface area contributed by atoms with Gasteiger partial charge in [0.2, 0.25) is 0 Å². The van der Waals surface area contributed by atoms with Crippen LogP contribution in [0.3, 0.4) is 0 Å². The van der Waals surface area contributed by atoms with Gasteiger partial charge in [-0.3, -0.25) is 4.79 Å². The second-order valence-electron chi connectivity index (χ2n) is 10.0. The molecule has 0 aliphatic heterocycles. The van der Waals surface area contributed by atoms with Crippen LogP contribution in [0, 0.1) is 0 Å². The fourth-order valence-corrected chi connectivity index (χ4v) is 3.65. The van der Waals surface area contributed by atoms with Gasteiger partial charge in [0.1, 0.15) is 22.7 Å². The number of rotatable bonds is 4. The van der Waals surface area contributed by atoms with Crippen molar-refractivity contribution < 1.29 is 15.0 Å². The molecule has 2 aromatic carbocycles. The average Bonchev–Trinajstić information content (AvgIpc) is 2.65. The highest BCUT2D eigenvalue weighted by Gasteiger charge is 2.26. The number of hydrogen-bond acceptors (Lipinski definition) is 4. The van der Waals surface area contributed by atoms with Crippen LogP contribution in [-0.2, 0) is 17.3 Å². The smallest absolute Gasteiger partial charge is 0.181 e. The number of benzene rings is 2. The predicted molar refractivity (Wildman–Crippen MR) is 122 cm³/mol. The van der Waals surface area contributed by atoms with Crippen LogP contribution in [0.15, 0.2) is 42.5 Å². The third kappa shape index (κ3) is 4.48. The lowest BCUT2D eigenvalue weighted by atomic mass is 9.78. The van der Waals surface area contributed by atoms with Gasteiger partial charge in [0, 0.05) is 11.8 Å². The molecule has 0 unspecified atom stereocenters. The van der Waals surface area contributed by atoms with Crippen LogP contribution in [0.25, 0.3) is 10.9 Å². The molecule has 0 radical (unpaired) electrons. The highest BCUT2D eigenvalue weighted by Crippen LogP contribution is 2.40. The van der Waals surface area contributed by atoms with E-state index in [1.165, 1.54) is 0 Å². The molecule has 0 amide bonds. The largest absolute Gasteiger partial charge is 0.507 e. The lowest BCUT2D eigenvalue weighted by Gasteiger charge is -2.28. The van der Waals surface area contributed by atoms with Gasteiger partial charge >= 0.3 is 0 Å². The van der Waals surface area contributed by atoms with Crippen molar-refractivity contribution in [3.05, 3.63) is 64.8 Å². The zero-order chi connectivity index (χ0) is 22.3. The molecule has 0 saturated carbocycles. The number of carbonyl (C=O) groups is 1. The van der Waals surface area contributed by atoms with Gasteiger partial charge in [0.15, 0.2) is 5.78 Å². The summed E-state index contributed by atoms with van der Waals surface area (Å²) in [6.45, 7) is 12.5. The summed E-state index contributed by atoms with van der Waals surface area (Å²) in [7, 11) is 0. The van der Waals surface area contributed by atoms with Crippen molar-refractivity contribution in [3.8, 4) is 11.5 Å². The van der Waals surface area contributed by atoms with E-state index in [-0.39, 0.29) is 22.4 Å². The van der Waals surface area contributed by atoms with E-state index < -0.39 is 0 Å². The Labute approximate surface area is 178 Å². The second-order valence-corrected chi connectivity index (χ2v) is 10.0. The summed E-state index contributed by atoms with van der Waals surface area (Å²) in [5.74, 6) is 0.352. The van der Waals surface area contributed by atoms with Crippen molar-refractivity contribution in [1.29, 1.82) is 0 Å². The minimum absolute atomic E-state index is 0.0668. The maximum atomic E-state index is 12.8. The van der Waals surface area contributed by atoms with E-state index in [1.807, 2.05) is 24.3 Å². The normalized spacial score (nSPS) is 12.3. The molecule has 0 bridgehead atoms. The van der Waals surface area contributed by atoms with Crippen LogP contribution in [0.5, 0.6) is 11.5 Å². The van der Waals surface area contributed by atoms with Crippen molar-refractivity contribution >= 4 is 16.7 Å². The van der Waals surface area contributed by atoms with Gasteiger partial charge in [-0.05, 0) is 46.1 Å². The van der Waals surface area contributed by atoms with Crippen LogP contribution >= 0.6 is 0 Å². The molecule has 0 spiro atoms. The summed E-state index contributed by atoms with van der Waals surface area (Å²) in [5, 5.41) is 21.7. The number of nitrogens with zero attached hydrogens (tertiary/aromatic N) is 1. The fourth-order valence-electron chi connectivity index (χ4n) is 3.65. The van der Waals surface area contributed by atoms with E-state index in [0.29, 0.717) is 29.8 Å². The highest BCUT2D eigenvalue weighted by atomic mass is 16.3. The number of pyridine rings is 1. The predicted octanol–water partition coefficient (Wildman–Crippen LogP) is 6.06. The zero-order valence-corrected chi connectivity index (χ0v) is 18.7. The number of phenolic OH excluding ortho intramolecular Hbond substituents is 2. The van der Waals surface area contributed by atoms with E-state index in [9.17, 15) is 15.0 Å². The molecule has 3 aromatic rings. The molecule has 0 atom stereocenters. The molecule has 0 aliphatic carbocycles.